The zero-order valence-electron chi connectivity index (χ0n) is 16.2. The Labute approximate surface area is 178 Å². The van der Waals surface area contributed by atoms with Gasteiger partial charge in [-0.3, -0.25) is 14.6 Å². The van der Waals surface area contributed by atoms with Crippen molar-refractivity contribution in [3.8, 4) is 11.1 Å². The molecule has 0 fully saturated rings. The van der Waals surface area contributed by atoms with Gasteiger partial charge in [0.1, 0.15) is 0 Å². The van der Waals surface area contributed by atoms with Crippen molar-refractivity contribution in [3.63, 3.8) is 0 Å². The maximum atomic E-state index is 12.0. The normalized spacial score (nSPS) is 12.2. The van der Waals surface area contributed by atoms with Crippen LogP contribution in [-0.2, 0) is 9.59 Å². The van der Waals surface area contributed by atoms with Crippen molar-refractivity contribution in [2.24, 2.45) is 11.7 Å². The minimum absolute atomic E-state index is 0. The van der Waals surface area contributed by atoms with E-state index in [-0.39, 0.29) is 55.1 Å². The van der Waals surface area contributed by atoms with Crippen molar-refractivity contribution in [3.05, 3.63) is 54.4 Å². The molecule has 0 aliphatic rings. The van der Waals surface area contributed by atoms with Crippen molar-refractivity contribution in [2.45, 2.75) is 32.9 Å². The number of rotatable bonds is 7. The van der Waals surface area contributed by atoms with Crippen LogP contribution < -0.4 is 16.4 Å². The first kappa shape index (κ1) is 25.9. The lowest BCUT2D eigenvalue weighted by atomic mass is 10.0. The number of aromatic nitrogens is 1. The lowest BCUT2D eigenvalue weighted by Gasteiger charge is -2.17. The number of halogens is 2. The summed E-state index contributed by atoms with van der Waals surface area (Å²) in [6.07, 6.45) is 3.55. The number of carbonyl (C=O) groups excluding carboxylic acids is 2. The lowest BCUT2D eigenvalue weighted by molar-refractivity contribution is -0.127. The molecule has 0 radical (unpaired) electrons. The summed E-state index contributed by atoms with van der Waals surface area (Å²) in [5.41, 5.74) is 8.84. The third-order valence-corrected chi connectivity index (χ3v) is 4.23. The predicted octanol–water partition coefficient (Wildman–Crippen LogP) is 2.87. The number of amides is 2. The minimum atomic E-state index is -0.611. The molecule has 1 unspecified atom stereocenters. The van der Waals surface area contributed by atoms with E-state index in [2.05, 4.69) is 15.6 Å². The Kier molecular flexibility index (Phi) is 11.4. The molecule has 2 atom stereocenters. The fraction of sp³-hybridized carbons (Fsp3) is 0.350. The van der Waals surface area contributed by atoms with Crippen molar-refractivity contribution < 1.29 is 9.59 Å². The van der Waals surface area contributed by atoms with E-state index < -0.39 is 6.04 Å². The van der Waals surface area contributed by atoms with Gasteiger partial charge < -0.3 is 16.4 Å². The summed E-state index contributed by atoms with van der Waals surface area (Å²) in [6.45, 7) is 5.54. The number of nitrogens with one attached hydrogen (secondary N) is 2. The molecule has 28 heavy (non-hydrogen) atoms. The largest absolute Gasteiger partial charge is 0.348 e. The number of carbonyl (C=O) groups is 2. The smallest absolute Gasteiger partial charge is 0.239 e. The molecule has 1 aromatic heterocycles. The number of pyridine rings is 1. The minimum Gasteiger partial charge on any atom is -0.348 e. The zero-order chi connectivity index (χ0) is 19.1. The summed E-state index contributed by atoms with van der Waals surface area (Å²) in [5.74, 6) is -0.544. The fourth-order valence-electron chi connectivity index (χ4n) is 2.46. The highest BCUT2D eigenvalue weighted by Gasteiger charge is 2.18. The summed E-state index contributed by atoms with van der Waals surface area (Å²) < 4.78 is 0. The van der Waals surface area contributed by atoms with Crippen LogP contribution in [0.15, 0.2) is 48.8 Å². The molecule has 154 valence electrons. The predicted molar refractivity (Wildman–Crippen MR) is 117 cm³/mol. The molecule has 1 heterocycles. The van der Waals surface area contributed by atoms with E-state index in [0.717, 1.165) is 16.7 Å². The Balaban J connectivity index is 0.00000364. The van der Waals surface area contributed by atoms with Crippen LogP contribution in [0, 0.1) is 5.92 Å². The van der Waals surface area contributed by atoms with Gasteiger partial charge in [-0.1, -0.05) is 44.2 Å². The number of hydrogen-bond donors (Lipinski definition) is 3. The average Bonchev–Trinajstić information content (AvgIpc) is 2.66. The van der Waals surface area contributed by atoms with E-state index in [1.54, 1.807) is 6.20 Å². The summed E-state index contributed by atoms with van der Waals surface area (Å²) in [6, 6.07) is 11.1. The quantitative estimate of drug-likeness (QED) is 0.633. The van der Waals surface area contributed by atoms with Crippen LogP contribution in [0.5, 0.6) is 0 Å². The molecule has 0 bridgehead atoms. The first-order valence-corrected chi connectivity index (χ1v) is 8.71. The Morgan fingerprint density at radius 2 is 1.68 bits per heavy atom. The van der Waals surface area contributed by atoms with E-state index in [1.807, 2.05) is 63.4 Å². The van der Waals surface area contributed by atoms with Crippen LogP contribution in [-0.4, -0.2) is 29.4 Å². The van der Waals surface area contributed by atoms with Crippen LogP contribution in [0.1, 0.15) is 32.4 Å². The zero-order valence-corrected chi connectivity index (χ0v) is 17.8. The van der Waals surface area contributed by atoms with Gasteiger partial charge in [-0.05, 0) is 35.6 Å². The molecule has 2 aromatic rings. The van der Waals surface area contributed by atoms with Gasteiger partial charge in [0.15, 0.2) is 0 Å². The van der Waals surface area contributed by atoms with Gasteiger partial charge in [0, 0.05) is 12.4 Å². The second kappa shape index (κ2) is 12.3. The summed E-state index contributed by atoms with van der Waals surface area (Å²) in [4.78, 5) is 27.9. The molecule has 2 amide bonds. The summed E-state index contributed by atoms with van der Waals surface area (Å²) >= 11 is 0. The van der Waals surface area contributed by atoms with Crippen LogP contribution in [0.4, 0.5) is 0 Å². The molecule has 2 rings (SSSR count). The molecule has 0 saturated heterocycles. The number of benzene rings is 1. The van der Waals surface area contributed by atoms with E-state index in [4.69, 9.17) is 5.73 Å². The maximum Gasteiger partial charge on any atom is 0.239 e. The van der Waals surface area contributed by atoms with Crippen molar-refractivity contribution in [1.29, 1.82) is 0 Å². The Bertz CT molecular complexity index is 740. The van der Waals surface area contributed by atoms with Gasteiger partial charge >= 0.3 is 0 Å². The number of hydrogen-bond acceptors (Lipinski definition) is 4. The van der Waals surface area contributed by atoms with Gasteiger partial charge in [-0.2, -0.15) is 0 Å². The molecule has 8 heteroatoms. The van der Waals surface area contributed by atoms with E-state index in [9.17, 15) is 9.59 Å². The number of nitrogens with zero attached hydrogens (tertiary/aromatic N) is 1. The molecular weight excluding hydrogens is 399 g/mol. The summed E-state index contributed by atoms with van der Waals surface area (Å²) in [5, 5.41) is 5.44. The van der Waals surface area contributed by atoms with Crippen molar-refractivity contribution in [1.82, 2.24) is 15.6 Å². The van der Waals surface area contributed by atoms with Gasteiger partial charge in [0.25, 0.3) is 0 Å². The van der Waals surface area contributed by atoms with Crippen molar-refractivity contribution in [2.75, 3.05) is 6.54 Å². The molecule has 4 N–H and O–H groups in total. The molecule has 6 nitrogen and oxygen atoms in total. The molecule has 0 saturated carbocycles. The summed E-state index contributed by atoms with van der Waals surface area (Å²) in [7, 11) is 0. The van der Waals surface area contributed by atoms with Crippen molar-refractivity contribution >= 4 is 36.6 Å². The Morgan fingerprint density at radius 3 is 2.21 bits per heavy atom. The van der Waals surface area contributed by atoms with Crippen LogP contribution in [0.2, 0.25) is 0 Å². The lowest BCUT2D eigenvalue weighted by Crippen LogP contribution is -2.47. The highest BCUT2D eigenvalue weighted by atomic mass is 35.5. The third kappa shape index (κ3) is 7.46. The molecular formula is C20H28Cl2N4O2. The van der Waals surface area contributed by atoms with Gasteiger partial charge in [0.2, 0.25) is 11.8 Å². The molecule has 0 aliphatic carbocycles. The van der Waals surface area contributed by atoms with Gasteiger partial charge in [-0.15, -0.1) is 24.8 Å². The highest BCUT2D eigenvalue weighted by molar-refractivity contribution is 5.87. The first-order valence-electron chi connectivity index (χ1n) is 8.71. The first-order chi connectivity index (χ1) is 12.4. The van der Waals surface area contributed by atoms with E-state index in [0.29, 0.717) is 0 Å². The molecule has 0 spiro atoms. The topological polar surface area (TPSA) is 97.1 Å². The van der Waals surface area contributed by atoms with E-state index in [1.165, 1.54) is 0 Å². The third-order valence-electron chi connectivity index (χ3n) is 4.23. The van der Waals surface area contributed by atoms with Crippen LogP contribution in [0.25, 0.3) is 11.1 Å². The Hall–Kier alpha value is -2.15. The second-order valence-corrected chi connectivity index (χ2v) is 6.64. The molecule has 1 aromatic carbocycles. The fourth-order valence-corrected chi connectivity index (χ4v) is 2.46. The van der Waals surface area contributed by atoms with Crippen LogP contribution in [0.3, 0.4) is 0 Å². The SMILES string of the molecule is CC(NC(=O)CNC(=O)[C@@H](N)C(C)C)c1ccc(-c2cccnc2)cc1.Cl.Cl. The second-order valence-electron chi connectivity index (χ2n) is 6.64. The van der Waals surface area contributed by atoms with Gasteiger partial charge in [-0.25, -0.2) is 0 Å². The van der Waals surface area contributed by atoms with E-state index >= 15 is 0 Å². The average molecular weight is 427 g/mol. The highest BCUT2D eigenvalue weighted by Crippen LogP contribution is 2.21. The standard InChI is InChI=1S/C20H26N4O2.2ClH/c1-13(2)19(21)20(26)23-12-18(25)24-14(3)15-6-8-16(9-7-15)17-5-4-10-22-11-17;;/h4-11,13-14,19H,12,21H2,1-3H3,(H,23,26)(H,24,25);2*1H/t14?,19-;;/m0../s1. The monoisotopic (exact) mass is 426 g/mol. The Morgan fingerprint density at radius 1 is 1.04 bits per heavy atom. The maximum absolute atomic E-state index is 12.0. The number of nitrogens with two attached hydrogens (primary N) is 1. The van der Waals surface area contributed by atoms with Crippen LogP contribution >= 0.6 is 24.8 Å². The molecule has 0 aliphatic heterocycles. The van der Waals surface area contributed by atoms with Gasteiger partial charge in [0.05, 0.1) is 18.6 Å².